The van der Waals surface area contributed by atoms with Gasteiger partial charge in [0.15, 0.2) is 0 Å². The normalized spacial score (nSPS) is 18.7. The molecule has 31 heavy (non-hydrogen) atoms. The highest BCUT2D eigenvalue weighted by atomic mass is 32.2. The molecular formula is C20H23N5O4S2. The molecule has 0 N–H and O–H groups in total. The third kappa shape index (κ3) is 4.29. The van der Waals surface area contributed by atoms with E-state index in [0.717, 1.165) is 12.8 Å². The summed E-state index contributed by atoms with van der Waals surface area (Å²) in [5.41, 5.74) is 0.407. The van der Waals surface area contributed by atoms with Crippen molar-refractivity contribution in [1.82, 2.24) is 13.6 Å². The van der Waals surface area contributed by atoms with Gasteiger partial charge >= 0.3 is 0 Å². The molecule has 0 atom stereocenters. The minimum absolute atomic E-state index is 0.162. The van der Waals surface area contributed by atoms with Crippen LogP contribution in [0.4, 0.5) is 5.82 Å². The van der Waals surface area contributed by atoms with E-state index in [2.05, 4.69) is 4.98 Å². The average molecular weight is 462 g/mol. The van der Waals surface area contributed by atoms with Gasteiger partial charge in [0.25, 0.3) is 0 Å². The van der Waals surface area contributed by atoms with Gasteiger partial charge in [-0.05, 0) is 49.2 Å². The molecular weight excluding hydrogens is 438 g/mol. The molecule has 2 saturated heterocycles. The molecule has 0 aliphatic carbocycles. The van der Waals surface area contributed by atoms with Crippen LogP contribution < -0.4 is 4.90 Å². The second kappa shape index (κ2) is 8.55. The van der Waals surface area contributed by atoms with E-state index in [0.29, 0.717) is 37.6 Å². The summed E-state index contributed by atoms with van der Waals surface area (Å²) in [6.07, 6.45) is 3.13. The van der Waals surface area contributed by atoms with Crippen molar-refractivity contribution in [3.63, 3.8) is 0 Å². The highest BCUT2D eigenvalue weighted by molar-refractivity contribution is 7.89. The molecule has 164 valence electrons. The number of hydrogen-bond acceptors (Lipinski definition) is 7. The highest BCUT2D eigenvalue weighted by Crippen LogP contribution is 2.24. The summed E-state index contributed by atoms with van der Waals surface area (Å²) in [4.78, 5) is 6.61. The van der Waals surface area contributed by atoms with Gasteiger partial charge in [-0.1, -0.05) is 0 Å². The maximum Gasteiger partial charge on any atom is 0.244 e. The molecule has 3 heterocycles. The van der Waals surface area contributed by atoms with Gasteiger partial charge in [-0.25, -0.2) is 21.8 Å². The molecule has 9 nitrogen and oxygen atoms in total. The van der Waals surface area contributed by atoms with E-state index >= 15 is 0 Å². The number of anilines is 1. The van der Waals surface area contributed by atoms with Gasteiger partial charge < -0.3 is 4.90 Å². The fourth-order valence-electron chi connectivity index (χ4n) is 3.80. The summed E-state index contributed by atoms with van der Waals surface area (Å²) in [5, 5.41) is 8.88. The van der Waals surface area contributed by atoms with E-state index in [4.69, 9.17) is 5.26 Å². The van der Waals surface area contributed by atoms with Gasteiger partial charge in [-0.2, -0.15) is 13.9 Å². The lowest BCUT2D eigenvalue weighted by Gasteiger charge is -2.34. The zero-order valence-corrected chi connectivity index (χ0v) is 18.5. The molecule has 0 spiro atoms. The van der Waals surface area contributed by atoms with Crippen molar-refractivity contribution in [2.24, 2.45) is 0 Å². The third-order valence-corrected chi connectivity index (χ3v) is 9.40. The zero-order chi connectivity index (χ0) is 22.1. The standard InChI is InChI=1S/C20H23N5O4S2/c21-15-17-3-5-18(6-4-17)30(26,27)25-13-11-23(12-14-25)20-8-7-19(16-22-20)31(28,29)24-9-1-2-10-24/h3-8,16H,1-2,9-14H2. The Labute approximate surface area is 182 Å². The van der Waals surface area contributed by atoms with Gasteiger partial charge in [0.2, 0.25) is 20.0 Å². The smallest absolute Gasteiger partial charge is 0.244 e. The van der Waals surface area contributed by atoms with Crippen LogP contribution in [0.3, 0.4) is 0 Å². The number of hydrogen-bond donors (Lipinski definition) is 0. The van der Waals surface area contributed by atoms with Crippen LogP contribution >= 0.6 is 0 Å². The molecule has 0 amide bonds. The van der Waals surface area contributed by atoms with Crippen molar-refractivity contribution in [2.75, 3.05) is 44.2 Å². The van der Waals surface area contributed by atoms with Crippen LogP contribution in [0, 0.1) is 11.3 Å². The zero-order valence-electron chi connectivity index (χ0n) is 16.9. The first kappa shape index (κ1) is 21.7. The third-order valence-electron chi connectivity index (χ3n) is 5.61. The Hall–Kier alpha value is -2.52. The van der Waals surface area contributed by atoms with E-state index in [9.17, 15) is 16.8 Å². The predicted octanol–water partition coefficient (Wildman–Crippen LogP) is 1.25. The monoisotopic (exact) mass is 461 g/mol. The van der Waals surface area contributed by atoms with Crippen molar-refractivity contribution in [1.29, 1.82) is 5.26 Å². The predicted molar refractivity (Wildman–Crippen MR) is 114 cm³/mol. The second-order valence-corrected chi connectivity index (χ2v) is 11.4. The van der Waals surface area contributed by atoms with Gasteiger partial charge in [0, 0.05) is 45.5 Å². The summed E-state index contributed by atoms with van der Waals surface area (Å²) in [6.45, 7) is 2.55. The maximum atomic E-state index is 12.8. The van der Waals surface area contributed by atoms with E-state index < -0.39 is 20.0 Å². The SMILES string of the molecule is N#Cc1ccc(S(=O)(=O)N2CCN(c3ccc(S(=O)(=O)N4CCCC4)cn3)CC2)cc1. The molecule has 0 radical (unpaired) electrons. The molecule has 1 aromatic carbocycles. The van der Waals surface area contributed by atoms with Gasteiger partial charge in [-0.3, -0.25) is 0 Å². The van der Waals surface area contributed by atoms with Crippen molar-refractivity contribution in [2.45, 2.75) is 22.6 Å². The molecule has 0 bridgehead atoms. The van der Waals surface area contributed by atoms with Gasteiger partial charge in [0.05, 0.1) is 16.5 Å². The first-order valence-electron chi connectivity index (χ1n) is 10.0. The van der Waals surface area contributed by atoms with E-state index in [1.807, 2.05) is 11.0 Å². The quantitative estimate of drug-likeness (QED) is 0.658. The number of benzene rings is 1. The Morgan fingerprint density at radius 3 is 1.84 bits per heavy atom. The number of rotatable bonds is 5. The summed E-state index contributed by atoms with van der Waals surface area (Å²) < 4.78 is 53.9. The summed E-state index contributed by atoms with van der Waals surface area (Å²) in [5.74, 6) is 0.621. The summed E-state index contributed by atoms with van der Waals surface area (Å²) in [7, 11) is -7.14. The lowest BCUT2D eigenvalue weighted by molar-refractivity contribution is 0.383. The molecule has 2 aliphatic heterocycles. The molecule has 0 unspecified atom stereocenters. The van der Waals surface area contributed by atoms with Crippen molar-refractivity contribution < 1.29 is 16.8 Å². The van der Waals surface area contributed by atoms with E-state index in [1.165, 1.54) is 39.1 Å². The van der Waals surface area contributed by atoms with Crippen molar-refractivity contribution >= 4 is 25.9 Å². The Bertz CT molecular complexity index is 1180. The Kier molecular flexibility index (Phi) is 5.98. The maximum absolute atomic E-state index is 12.8. The van der Waals surface area contributed by atoms with Crippen LogP contribution in [0.15, 0.2) is 52.4 Å². The molecule has 2 aromatic rings. The van der Waals surface area contributed by atoms with E-state index in [1.54, 1.807) is 12.1 Å². The summed E-state index contributed by atoms with van der Waals surface area (Å²) >= 11 is 0. The lowest BCUT2D eigenvalue weighted by atomic mass is 10.2. The number of nitriles is 1. The van der Waals surface area contributed by atoms with Gasteiger partial charge in [0.1, 0.15) is 10.7 Å². The van der Waals surface area contributed by atoms with Crippen molar-refractivity contribution in [3.8, 4) is 6.07 Å². The number of nitrogens with zero attached hydrogens (tertiary/aromatic N) is 5. The average Bonchev–Trinajstić information content (AvgIpc) is 3.35. The van der Waals surface area contributed by atoms with Crippen LogP contribution in [0.5, 0.6) is 0 Å². The number of sulfonamides is 2. The first-order chi connectivity index (χ1) is 14.8. The summed E-state index contributed by atoms with van der Waals surface area (Å²) in [6, 6.07) is 11.1. The van der Waals surface area contributed by atoms with Gasteiger partial charge in [-0.15, -0.1) is 0 Å². The molecule has 11 heteroatoms. The number of pyridine rings is 1. The second-order valence-electron chi connectivity index (χ2n) is 7.49. The van der Waals surface area contributed by atoms with Crippen LogP contribution in [0.25, 0.3) is 0 Å². The number of piperazine rings is 1. The van der Waals surface area contributed by atoms with Crippen LogP contribution in [0.2, 0.25) is 0 Å². The molecule has 2 aliphatic rings. The Morgan fingerprint density at radius 1 is 0.742 bits per heavy atom. The Morgan fingerprint density at radius 2 is 1.29 bits per heavy atom. The molecule has 1 aromatic heterocycles. The van der Waals surface area contributed by atoms with Crippen LogP contribution in [0.1, 0.15) is 18.4 Å². The minimum Gasteiger partial charge on any atom is -0.354 e. The molecule has 0 saturated carbocycles. The Balaban J connectivity index is 1.42. The minimum atomic E-state index is -3.64. The van der Waals surface area contributed by atoms with E-state index in [-0.39, 0.29) is 22.9 Å². The van der Waals surface area contributed by atoms with Crippen molar-refractivity contribution in [3.05, 3.63) is 48.2 Å². The largest absolute Gasteiger partial charge is 0.354 e. The number of aromatic nitrogens is 1. The molecule has 2 fully saturated rings. The molecule has 4 rings (SSSR count). The van der Waals surface area contributed by atoms with Crippen LogP contribution in [-0.2, 0) is 20.0 Å². The van der Waals surface area contributed by atoms with Crippen LogP contribution in [-0.4, -0.2) is 69.7 Å². The highest BCUT2D eigenvalue weighted by Gasteiger charge is 2.30. The fourth-order valence-corrected chi connectivity index (χ4v) is 6.68. The fraction of sp³-hybridized carbons (Fsp3) is 0.400. The first-order valence-corrected chi connectivity index (χ1v) is 12.9. The topological polar surface area (TPSA) is 115 Å². The lowest BCUT2D eigenvalue weighted by Crippen LogP contribution is -2.48.